The van der Waals surface area contributed by atoms with Crippen LogP contribution in [0, 0.1) is 13.8 Å². The predicted molar refractivity (Wildman–Crippen MR) is 67.8 cm³/mol. The number of rotatable bonds is 6. The van der Waals surface area contributed by atoms with Crippen LogP contribution in [-0.4, -0.2) is 16.9 Å². The molecule has 0 fully saturated rings. The maximum atomic E-state index is 5.65. The molecule has 0 bridgehead atoms. The molecule has 0 spiro atoms. The zero-order chi connectivity index (χ0) is 11.3. The largest absolute Gasteiger partial charge is 0.308 e. The van der Waals surface area contributed by atoms with Crippen molar-refractivity contribution in [3.05, 3.63) is 15.6 Å². The van der Waals surface area contributed by atoms with Crippen LogP contribution in [0.25, 0.3) is 0 Å². The molecule has 1 unspecified atom stereocenters. The van der Waals surface area contributed by atoms with E-state index in [1.807, 2.05) is 0 Å². The fourth-order valence-corrected chi connectivity index (χ4v) is 2.40. The minimum absolute atomic E-state index is 0.522. The van der Waals surface area contributed by atoms with E-state index in [9.17, 15) is 0 Å². The minimum atomic E-state index is 0.522. The molecule has 0 saturated carbocycles. The van der Waals surface area contributed by atoms with Crippen LogP contribution in [0.3, 0.4) is 0 Å². The number of nitrogens with zero attached hydrogens (tertiary/aromatic N) is 1. The van der Waals surface area contributed by atoms with Crippen molar-refractivity contribution in [1.82, 2.24) is 10.3 Å². The topological polar surface area (TPSA) is 24.9 Å². The molecule has 1 rings (SSSR count). The van der Waals surface area contributed by atoms with Gasteiger partial charge in [-0.05, 0) is 33.6 Å². The summed E-state index contributed by atoms with van der Waals surface area (Å²) in [6.45, 7) is 7.25. The van der Waals surface area contributed by atoms with Gasteiger partial charge in [-0.3, -0.25) is 0 Å². The Morgan fingerprint density at radius 3 is 2.73 bits per heavy atom. The maximum Gasteiger partial charge on any atom is 0.107 e. The fraction of sp³-hybridized carbons (Fsp3) is 0.727. The smallest absolute Gasteiger partial charge is 0.107 e. The van der Waals surface area contributed by atoms with Crippen LogP contribution in [0.2, 0.25) is 0 Å². The molecular weight excluding hydrogens is 228 g/mol. The van der Waals surface area contributed by atoms with Gasteiger partial charge in [0.1, 0.15) is 5.01 Å². The Balaban J connectivity index is 2.30. The van der Waals surface area contributed by atoms with Crippen LogP contribution in [0.5, 0.6) is 0 Å². The zero-order valence-corrected chi connectivity index (χ0v) is 11.2. The number of hydrogen-bond acceptors (Lipinski definition) is 3. The molecule has 0 radical (unpaired) electrons. The summed E-state index contributed by atoms with van der Waals surface area (Å²) in [5.41, 5.74) is 1.16. The van der Waals surface area contributed by atoms with Crippen LogP contribution >= 0.6 is 22.9 Å². The third kappa shape index (κ3) is 4.49. The second-order valence-electron chi connectivity index (χ2n) is 3.86. The molecule has 0 aliphatic heterocycles. The summed E-state index contributed by atoms with van der Waals surface area (Å²) in [6, 6.07) is 0.522. The van der Waals surface area contributed by atoms with E-state index < -0.39 is 0 Å². The lowest BCUT2D eigenvalue weighted by Crippen LogP contribution is -2.25. The molecule has 1 N–H and O–H groups in total. The first kappa shape index (κ1) is 12.9. The summed E-state index contributed by atoms with van der Waals surface area (Å²) in [4.78, 5) is 5.81. The van der Waals surface area contributed by atoms with Gasteiger partial charge < -0.3 is 5.32 Å². The summed E-state index contributed by atoms with van der Waals surface area (Å²) in [5.74, 6) is 0.751. The third-order valence-electron chi connectivity index (χ3n) is 2.45. The number of hydrogen-bond donors (Lipinski definition) is 1. The first-order valence-electron chi connectivity index (χ1n) is 5.35. The number of thiazole rings is 1. The average Bonchev–Trinajstić information content (AvgIpc) is 2.52. The average molecular weight is 247 g/mol. The second kappa shape index (κ2) is 6.46. The highest BCUT2D eigenvalue weighted by Crippen LogP contribution is 2.16. The van der Waals surface area contributed by atoms with Gasteiger partial charge in [0.2, 0.25) is 0 Å². The van der Waals surface area contributed by atoms with Crippen LogP contribution < -0.4 is 5.32 Å². The highest BCUT2D eigenvalue weighted by atomic mass is 35.5. The van der Waals surface area contributed by atoms with Gasteiger partial charge in [-0.25, -0.2) is 4.98 Å². The molecular formula is C11H19ClN2S. The van der Waals surface area contributed by atoms with Crippen molar-refractivity contribution < 1.29 is 0 Å². The van der Waals surface area contributed by atoms with Crippen molar-refractivity contribution in [2.75, 3.05) is 5.88 Å². The van der Waals surface area contributed by atoms with E-state index in [1.54, 1.807) is 11.3 Å². The Hall–Kier alpha value is -0.120. The fourth-order valence-electron chi connectivity index (χ4n) is 1.36. The molecule has 1 aromatic heterocycles. The summed E-state index contributed by atoms with van der Waals surface area (Å²) >= 11 is 7.43. The Labute approximate surface area is 101 Å². The normalized spacial score (nSPS) is 13.1. The molecule has 1 atom stereocenters. The van der Waals surface area contributed by atoms with Gasteiger partial charge in [0.25, 0.3) is 0 Å². The number of nitrogens with one attached hydrogen (secondary N) is 1. The summed E-state index contributed by atoms with van der Waals surface area (Å²) in [5, 5.41) is 4.65. The van der Waals surface area contributed by atoms with Gasteiger partial charge in [-0.15, -0.1) is 22.9 Å². The number of alkyl halides is 1. The van der Waals surface area contributed by atoms with Crippen molar-refractivity contribution in [3.63, 3.8) is 0 Å². The SMILES string of the molecule is Cc1nc(CNC(C)CCCCl)sc1C. The van der Waals surface area contributed by atoms with Crippen LogP contribution in [0.15, 0.2) is 0 Å². The number of aromatic nitrogens is 1. The number of aryl methyl sites for hydroxylation is 2. The van der Waals surface area contributed by atoms with Crippen molar-refractivity contribution in [3.8, 4) is 0 Å². The van der Waals surface area contributed by atoms with Gasteiger partial charge in [0.05, 0.1) is 5.69 Å². The zero-order valence-electron chi connectivity index (χ0n) is 9.64. The van der Waals surface area contributed by atoms with E-state index in [2.05, 4.69) is 31.1 Å². The Morgan fingerprint density at radius 1 is 1.47 bits per heavy atom. The van der Waals surface area contributed by atoms with E-state index in [0.29, 0.717) is 6.04 Å². The van der Waals surface area contributed by atoms with Crippen molar-refractivity contribution in [2.24, 2.45) is 0 Å². The standard InChI is InChI=1S/C11H19ClN2S/c1-8(5-4-6-12)13-7-11-14-9(2)10(3)15-11/h8,13H,4-7H2,1-3H3. The molecule has 0 aromatic carbocycles. The molecule has 1 aromatic rings. The van der Waals surface area contributed by atoms with Gasteiger partial charge in [-0.2, -0.15) is 0 Å². The lowest BCUT2D eigenvalue weighted by molar-refractivity contribution is 0.508. The van der Waals surface area contributed by atoms with E-state index in [1.165, 1.54) is 9.88 Å². The lowest BCUT2D eigenvalue weighted by Gasteiger charge is -2.11. The molecule has 2 nitrogen and oxygen atoms in total. The minimum Gasteiger partial charge on any atom is -0.308 e. The van der Waals surface area contributed by atoms with Crippen molar-refractivity contribution >= 4 is 22.9 Å². The van der Waals surface area contributed by atoms with Crippen LogP contribution in [0.4, 0.5) is 0 Å². The highest BCUT2D eigenvalue weighted by Gasteiger charge is 2.05. The van der Waals surface area contributed by atoms with Crippen LogP contribution in [-0.2, 0) is 6.54 Å². The number of halogens is 1. The van der Waals surface area contributed by atoms with Crippen molar-refractivity contribution in [2.45, 2.75) is 46.2 Å². The quantitative estimate of drug-likeness (QED) is 0.780. The molecule has 4 heteroatoms. The first-order valence-corrected chi connectivity index (χ1v) is 6.71. The molecule has 0 aliphatic rings. The van der Waals surface area contributed by atoms with Gasteiger partial charge in [-0.1, -0.05) is 0 Å². The molecule has 0 amide bonds. The van der Waals surface area contributed by atoms with Gasteiger partial charge in [0.15, 0.2) is 0 Å². The van der Waals surface area contributed by atoms with Gasteiger partial charge in [0, 0.05) is 23.3 Å². The summed E-state index contributed by atoms with van der Waals surface area (Å²) < 4.78 is 0. The summed E-state index contributed by atoms with van der Waals surface area (Å²) in [6.07, 6.45) is 2.21. The van der Waals surface area contributed by atoms with E-state index in [4.69, 9.17) is 11.6 Å². The van der Waals surface area contributed by atoms with E-state index in [0.717, 1.165) is 31.0 Å². The van der Waals surface area contributed by atoms with Crippen molar-refractivity contribution in [1.29, 1.82) is 0 Å². The van der Waals surface area contributed by atoms with E-state index >= 15 is 0 Å². The predicted octanol–water partition coefficient (Wildman–Crippen LogP) is 3.26. The molecule has 0 aliphatic carbocycles. The third-order valence-corrected chi connectivity index (χ3v) is 3.79. The highest BCUT2D eigenvalue weighted by molar-refractivity contribution is 7.11. The Bertz CT molecular complexity index is 279. The van der Waals surface area contributed by atoms with Crippen LogP contribution in [0.1, 0.15) is 35.3 Å². The van der Waals surface area contributed by atoms with E-state index in [-0.39, 0.29) is 0 Å². The molecule has 15 heavy (non-hydrogen) atoms. The first-order chi connectivity index (χ1) is 7.13. The maximum absolute atomic E-state index is 5.65. The second-order valence-corrected chi connectivity index (χ2v) is 5.53. The molecule has 0 saturated heterocycles. The Morgan fingerprint density at radius 2 is 2.20 bits per heavy atom. The summed E-state index contributed by atoms with van der Waals surface area (Å²) in [7, 11) is 0. The lowest BCUT2D eigenvalue weighted by atomic mass is 10.2. The molecule has 86 valence electrons. The Kier molecular flexibility index (Phi) is 5.58. The molecule has 1 heterocycles. The monoisotopic (exact) mass is 246 g/mol. The van der Waals surface area contributed by atoms with Gasteiger partial charge >= 0.3 is 0 Å².